The van der Waals surface area contributed by atoms with E-state index >= 15 is 0 Å². The lowest BCUT2D eigenvalue weighted by atomic mass is 10.1. The molecule has 0 amide bonds. The van der Waals surface area contributed by atoms with Crippen LogP contribution in [0, 0.1) is 0 Å². The maximum absolute atomic E-state index is 5.97. The SMILES string of the molecule is CCc1ccccc1Oc1ccc(CNC2CC2)cc1. The van der Waals surface area contributed by atoms with Crippen LogP contribution in [0.15, 0.2) is 48.5 Å². The summed E-state index contributed by atoms with van der Waals surface area (Å²) in [5, 5.41) is 3.52. The summed E-state index contributed by atoms with van der Waals surface area (Å²) in [5.41, 5.74) is 2.56. The molecule has 3 rings (SSSR count). The van der Waals surface area contributed by atoms with Gasteiger partial charge in [0.1, 0.15) is 11.5 Å². The van der Waals surface area contributed by atoms with Crippen molar-refractivity contribution in [2.24, 2.45) is 0 Å². The third-order valence-corrected chi connectivity index (χ3v) is 3.68. The number of ether oxygens (including phenoxy) is 1. The van der Waals surface area contributed by atoms with Gasteiger partial charge in [0.05, 0.1) is 0 Å². The Bertz CT molecular complexity index is 558. The fraction of sp³-hybridized carbons (Fsp3) is 0.333. The first kappa shape index (κ1) is 13.2. The lowest BCUT2D eigenvalue weighted by Crippen LogP contribution is -2.14. The van der Waals surface area contributed by atoms with Gasteiger partial charge >= 0.3 is 0 Å². The third kappa shape index (κ3) is 3.40. The molecule has 1 saturated carbocycles. The smallest absolute Gasteiger partial charge is 0.130 e. The highest BCUT2D eigenvalue weighted by Gasteiger charge is 2.19. The number of hydrogen-bond acceptors (Lipinski definition) is 2. The Morgan fingerprint density at radius 3 is 2.50 bits per heavy atom. The summed E-state index contributed by atoms with van der Waals surface area (Å²) in [4.78, 5) is 0. The number of nitrogens with one attached hydrogen (secondary N) is 1. The van der Waals surface area contributed by atoms with Gasteiger partial charge in [-0.2, -0.15) is 0 Å². The van der Waals surface area contributed by atoms with E-state index < -0.39 is 0 Å². The van der Waals surface area contributed by atoms with E-state index in [9.17, 15) is 0 Å². The van der Waals surface area contributed by atoms with Crippen molar-refractivity contribution in [1.82, 2.24) is 5.32 Å². The Morgan fingerprint density at radius 1 is 1.05 bits per heavy atom. The van der Waals surface area contributed by atoms with Gasteiger partial charge in [-0.05, 0) is 48.6 Å². The summed E-state index contributed by atoms with van der Waals surface area (Å²) in [6.07, 6.45) is 3.64. The summed E-state index contributed by atoms with van der Waals surface area (Å²) in [6.45, 7) is 3.10. The van der Waals surface area contributed by atoms with Crippen LogP contribution >= 0.6 is 0 Å². The molecule has 0 saturated heterocycles. The van der Waals surface area contributed by atoms with Gasteiger partial charge in [0, 0.05) is 12.6 Å². The molecule has 0 atom stereocenters. The zero-order chi connectivity index (χ0) is 13.8. The van der Waals surface area contributed by atoms with Crippen molar-refractivity contribution in [3.05, 3.63) is 59.7 Å². The minimum atomic E-state index is 0.752. The van der Waals surface area contributed by atoms with Crippen LogP contribution in [0.5, 0.6) is 11.5 Å². The van der Waals surface area contributed by atoms with Crippen LogP contribution in [0.25, 0.3) is 0 Å². The number of rotatable bonds is 6. The molecule has 1 fully saturated rings. The molecule has 2 aromatic carbocycles. The van der Waals surface area contributed by atoms with E-state index in [1.807, 2.05) is 12.1 Å². The summed E-state index contributed by atoms with van der Waals surface area (Å²) in [5.74, 6) is 1.86. The van der Waals surface area contributed by atoms with Gasteiger partial charge in [-0.25, -0.2) is 0 Å². The predicted molar refractivity (Wildman–Crippen MR) is 82.2 cm³/mol. The highest BCUT2D eigenvalue weighted by atomic mass is 16.5. The molecule has 1 N–H and O–H groups in total. The van der Waals surface area contributed by atoms with Crippen molar-refractivity contribution in [2.45, 2.75) is 38.8 Å². The van der Waals surface area contributed by atoms with Crippen LogP contribution in [0.4, 0.5) is 0 Å². The van der Waals surface area contributed by atoms with Crippen molar-refractivity contribution in [2.75, 3.05) is 0 Å². The van der Waals surface area contributed by atoms with Crippen LogP contribution in [0.2, 0.25) is 0 Å². The highest BCUT2D eigenvalue weighted by molar-refractivity contribution is 5.38. The molecule has 0 aromatic heterocycles. The highest BCUT2D eigenvalue weighted by Crippen LogP contribution is 2.26. The van der Waals surface area contributed by atoms with E-state index in [4.69, 9.17) is 4.74 Å². The lowest BCUT2D eigenvalue weighted by Gasteiger charge is -2.10. The largest absolute Gasteiger partial charge is 0.457 e. The topological polar surface area (TPSA) is 21.3 Å². The molecular formula is C18H21NO. The second-order valence-electron chi connectivity index (χ2n) is 5.36. The van der Waals surface area contributed by atoms with Crippen LogP contribution in [-0.4, -0.2) is 6.04 Å². The van der Waals surface area contributed by atoms with E-state index in [2.05, 4.69) is 48.6 Å². The van der Waals surface area contributed by atoms with Crippen molar-refractivity contribution in [3.8, 4) is 11.5 Å². The Hall–Kier alpha value is -1.80. The Balaban J connectivity index is 1.64. The summed E-state index contributed by atoms with van der Waals surface area (Å²) in [6, 6.07) is 17.3. The van der Waals surface area contributed by atoms with E-state index in [1.54, 1.807) is 0 Å². The van der Waals surface area contributed by atoms with Crippen LogP contribution in [0.1, 0.15) is 30.9 Å². The van der Waals surface area contributed by atoms with Gasteiger partial charge in [-0.1, -0.05) is 37.3 Å². The number of aryl methyl sites for hydroxylation is 1. The molecule has 2 aromatic rings. The molecule has 1 aliphatic rings. The molecule has 0 bridgehead atoms. The first-order valence-electron chi connectivity index (χ1n) is 7.43. The zero-order valence-corrected chi connectivity index (χ0v) is 11.9. The minimum absolute atomic E-state index is 0.752. The van der Waals surface area contributed by atoms with Crippen LogP contribution < -0.4 is 10.1 Å². The van der Waals surface area contributed by atoms with Crippen molar-refractivity contribution in [1.29, 1.82) is 0 Å². The monoisotopic (exact) mass is 267 g/mol. The number of para-hydroxylation sites is 1. The zero-order valence-electron chi connectivity index (χ0n) is 11.9. The average molecular weight is 267 g/mol. The Kier molecular flexibility index (Phi) is 4.03. The first-order chi connectivity index (χ1) is 9.85. The molecule has 0 unspecified atom stereocenters. The van der Waals surface area contributed by atoms with Crippen molar-refractivity contribution < 1.29 is 4.74 Å². The van der Waals surface area contributed by atoms with Crippen LogP contribution in [-0.2, 0) is 13.0 Å². The van der Waals surface area contributed by atoms with E-state index in [0.29, 0.717) is 0 Å². The molecular weight excluding hydrogens is 246 g/mol. The van der Waals surface area contributed by atoms with Gasteiger partial charge in [0.25, 0.3) is 0 Å². The fourth-order valence-corrected chi connectivity index (χ4v) is 2.25. The van der Waals surface area contributed by atoms with Gasteiger partial charge in [-0.3, -0.25) is 0 Å². The molecule has 104 valence electrons. The maximum atomic E-state index is 5.97. The molecule has 20 heavy (non-hydrogen) atoms. The van der Waals surface area contributed by atoms with E-state index in [1.165, 1.54) is 24.0 Å². The quantitative estimate of drug-likeness (QED) is 0.843. The maximum Gasteiger partial charge on any atom is 0.130 e. The predicted octanol–water partition coefficient (Wildman–Crippen LogP) is 4.29. The van der Waals surface area contributed by atoms with Gasteiger partial charge in [0.15, 0.2) is 0 Å². The van der Waals surface area contributed by atoms with E-state index in [-0.39, 0.29) is 0 Å². The Labute approximate surface area is 120 Å². The van der Waals surface area contributed by atoms with Crippen molar-refractivity contribution in [3.63, 3.8) is 0 Å². The lowest BCUT2D eigenvalue weighted by molar-refractivity contribution is 0.476. The summed E-state index contributed by atoms with van der Waals surface area (Å²) in [7, 11) is 0. The average Bonchev–Trinajstić information content (AvgIpc) is 3.31. The van der Waals surface area contributed by atoms with Crippen LogP contribution in [0.3, 0.4) is 0 Å². The summed E-state index contributed by atoms with van der Waals surface area (Å²) < 4.78 is 5.97. The number of benzene rings is 2. The molecule has 0 aliphatic heterocycles. The second-order valence-corrected chi connectivity index (χ2v) is 5.36. The molecule has 0 radical (unpaired) electrons. The fourth-order valence-electron chi connectivity index (χ4n) is 2.25. The molecule has 0 spiro atoms. The third-order valence-electron chi connectivity index (χ3n) is 3.68. The first-order valence-corrected chi connectivity index (χ1v) is 7.43. The molecule has 1 aliphatic carbocycles. The minimum Gasteiger partial charge on any atom is -0.457 e. The van der Waals surface area contributed by atoms with Gasteiger partial charge in [-0.15, -0.1) is 0 Å². The van der Waals surface area contributed by atoms with Gasteiger partial charge < -0.3 is 10.1 Å². The molecule has 2 heteroatoms. The number of hydrogen-bond donors (Lipinski definition) is 1. The van der Waals surface area contributed by atoms with E-state index in [0.717, 1.165) is 30.5 Å². The normalized spacial score (nSPS) is 14.2. The Morgan fingerprint density at radius 2 is 1.80 bits per heavy atom. The second kappa shape index (κ2) is 6.10. The standard InChI is InChI=1S/C18H21NO/c1-2-15-5-3-4-6-18(15)20-17-11-7-14(8-12-17)13-19-16-9-10-16/h3-8,11-12,16,19H,2,9-10,13H2,1H3. The van der Waals surface area contributed by atoms with Crippen molar-refractivity contribution >= 4 is 0 Å². The van der Waals surface area contributed by atoms with Gasteiger partial charge in [0.2, 0.25) is 0 Å². The molecule has 0 heterocycles. The summed E-state index contributed by atoms with van der Waals surface area (Å²) >= 11 is 0. The molecule has 2 nitrogen and oxygen atoms in total.